The van der Waals surface area contributed by atoms with Gasteiger partial charge in [0.2, 0.25) is 0 Å². The van der Waals surface area contributed by atoms with Gasteiger partial charge in [-0.05, 0) is 25.0 Å². The topological polar surface area (TPSA) is 48.4 Å². The van der Waals surface area contributed by atoms with Gasteiger partial charge in [-0.1, -0.05) is 19.1 Å². The fraction of sp³-hybridized carbons (Fsp3) is 0.333. The molecule has 0 saturated carbocycles. The molecule has 2 rings (SSSR count). The number of aryl methyl sites for hydroxylation is 1. The number of rotatable bonds is 7. The van der Waals surface area contributed by atoms with E-state index >= 15 is 0 Å². The fourth-order valence-electron chi connectivity index (χ4n) is 1.80. The van der Waals surface area contributed by atoms with E-state index in [0.29, 0.717) is 5.69 Å². The molecule has 0 aliphatic rings. The first-order chi connectivity index (χ1) is 10.6. The van der Waals surface area contributed by atoms with Crippen molar-refractivity contribution in [2.45, 2.75) is 33.0 Å². The maximum atomic E-state index is 12.3. The highest BCUT2D eigenvalue weighted by atomic mass is 32.1. The van der Waals surface area contributed by atoms with Gasteiger partial charge in [0.1, 0.15) is 17.9 Å². The molecule has 1 aromatic heterocycles. The van der Waals surface area contributed by atoms with Gasteiger partial charge >= 0.3 is 12.6 Å². The Kier molecular flexibility index (Phi) is 5.83. The lowest BCUT2D eigenvalue weighted by atomic mass is 10.2. The summed E-state index contributed by atoms with van der Waals surface area (Å²) < 4.78 is 34.0. The number of ether oxygens (including phenoxy) is 2. The molecule has 0 aliphatic carbocycles. The van der Waals surface area contributed by atoms with Gasteiger partial charge in [-0.15, -0.1) is 11.3 Å². The second-order valence-corrected chi connectivity index (χ2v) is 5.38. The zero-order valence-corrected chi connectivity index (χ0v) is 12.7. The zero-order valence-electron chi connectivity index (χ0n) is 11.9. The van der Waals surface area contributed by atoms with E-state index in [9.17, 15) is 13.6 Å². The lowest BCUT2D eigenvalue weighted by Gasteiger charge is -2.09. The molecule has 0 saturated heterocycles. The molecule has 0 atom stereocenters. The largest absolute Gasteiger partial charge is 0.455 e. The van der Waals surface area contributed by atoms with Crippen LogP contribution in [-0.2, 0) is 17.8 Å². The summed E-state index contributed by atoms with van der Waals surface area (Å²) in [6.45, 7) is -0.938. The van der Waals surface area contributed by atoms with E-state index in [-0.39, 0.29) is 17.9 Å². The van der Waals surface area contributed by atoms with Crippen LogP contribution >= 0.6 is 11.3 Å². The summed E-state index contributed by atoms with van der Waals surface area (Å²) in [5.41, 5.74) is 0.612. The highest BCUT2D eigenvalue weighted by molar-refractivity contribution is 7.09. The Bertz CT molecular complexity index is 631. The standard InChI is InChI=1S/C15H15F2NO3S/c1-2-5-13-18-10(9-22-13)8-20-14(19)11-6-3-4-7-12(11)21-15(16)17/h3-4,6-7,9,15H,2,5,8H2,1H3. The van der Waals surface area contributed by atoms with E-state index in [1.54, 1.807) is 6.07 Å². The first-order valence-electron chi connectivity index (χ1n) is 6.74. The Morgan fingerprint density at radius 1 is 1.36 bits per heavy atom. The van der Waals surface area contributed by atoms with Crippen LogP contribution in [0.2, 0.25) is 0 Å². The predicted molar refractivity (Wildman–Crippen MR) is 78.3 cm³/mol. The van der Waals surface area contributed by atoms with Crippen LogP contribution in [0.25, 0.3) is 0 Å². The van der Waals surface area contributed by atoms with E-state index in [1.807, 2.05) is 5.38 Å². The zero-order chi connectivity index (χ0) is 15.9. The Balaban J connectivity index is 1.99. The minimum atomic E-state index is -3.00. The van der Waals surface area contributed by atoms with Crippen molar-refractivity contribution in [2.75, 3.05) is 0 Å². The second-order valence-electron chi connectivity index (χ2n) is 4.43. The molecule has 0 radical (unpaired) electrons. The Morgan fingerprint density at radius 2 is 2.14 bits per heavy atom. The van der Waals surface area contributed by atoms with Crippen LogP contribution in [0.3, 0.4) is 0 Å². The van der Waals surface area contributed by atoms with Crippen LogP contribution in [0.4, 0.5) is 8.78 Å². The smallest absolute Gasteiger partial charge is 0.387 e. The molecule has 22 heavy (non-hydrogen) atoms. The molecule has 0 unspecified atom stereocenters. The third-order valence-corrected chi connectivity index (χ3v) is 3.69. The van der Waals surface area contributed by atoms with Gasteiger partial charge in [-0.25, -0.2) is 9.78 Å². The quantitative estimate of drug-likeness (QED) is 0.720. The summed E-state index contributed by atoms with van der Waals surface area (Å²) in [6.07, 6.45) is 1.87. The van der Waals surface area contributed by atoms with Crippen molar-refractivity contribution in [1.29, 1.82) is 0 Å². The van der Waals surface area contributed by atoms with Crippen molar-refractivity contribution in [1.82, 2.24) is 4.98 Å². The van der Waals surface area contributed by atoms with Crippen molar-refractivity contribution in [2.24, 2.45) is 0 Å². The maximum Gasteiger partial charge on any atom is 0.387 e. The molecule has 0 bridgehead atoms. The number of thiazole rings is 1. The normalized spacial score (nSPS) is 10.7. The second kappa shape index (κ2) is 7.84. The summed E-state index contributed by atoms with van der Waals surface area (Å²) in [5.74, 6) is -0.922. The monoisotopic (exact) mass is 327 g/mol. The summed E-state index contributed by atoms with van der Waals surface area (Å²) >= 11 is 1.51. The molecular formula is C15H15F2NO3S. The Labute approximate surface area is 130 Å². The predicted octanol–water partition coefficient (Wildman–Crippen LogP) is 4.05. The number of esters is 1. The van der Waals surface area contributed by atoms with Gasteiger partial charge in [0.05, 0.1) is 10.7 Å². The molecule has 7 heteroatoms. The van der Waals surface area contributed by atoms with Crippen molar-refractivity contribution in [3.63, 3.8) is 0 Å². The van der Waals surface area contributed by atoms with E-state index < -0.39 is 12.6 Å². The van der Waals surface area contributed by atoms with E-state index in [4.69, 9.17) is 4.74 Å². The van der Waals surface area contributed by atoms with Crippen LogP contribution in [-0.4, -0.2) is 17.6 Å². The first-order valence-corrected chi connectivity index (χ1v) is 7.62. The van der Waals surface area contributed by atoms with Gasteiger partial charge in [-0.2, -0.15) is 8.78 Å². The third kappa shape index (κ3) is 4.49. The number of nitrogens with zero attached hydrogens (tertiary/aromatic N) is 1. The number of carbonyl (C=O) groups is 1. The number of halogens is 2. The Hall–Kier alpha value is -2.02. The molecule has 2 aromatic rings. The summed E-state index contributed by atoms with van der Waals surface area (Å²) in [7, 11) is 0. The minimum Gasteiger partial charge on any atom is -0.455 e. The lowest BCUT2D eigenvalue weighted by molar-refractivity contribution is -0.0505. The first kappa shape index (κ1) is 16.4. The van der Waals surface area contributed by atoms with Gasteiger partial charge in [0, 0.05) is 5.38 Å². The van der Waals surface area contributed by atoms with Crippen molar-refractivity contribution in [3.05, 3.63) is 45.9 Å². The number of para-hydroxylation sites is 1. The number of alkyl halides is 2. The molecule has 0 amide bonds. The molecule has 1 aromatic carbocycles. The SMILES string of the molecule is CCCc1nc(COC(=O)c2ccccc2OC(F)F)cs1. The average Bonchev–Trinajstić information content (AvgIpc) is 2.93. The van der Waals surface area contributed by atoms with E-state index in [2.05, 4.69) is 16.6 Å². The van der Waals surface area contributed by atoms with Gasteiger partial charge in [0.15, 0.2) is 0 Å². The van der Waals surface area contributed by atoms with E-state index in [0.717, 1.165) is 17.8 Å². The summed E-state index contributed by atoms with van der Waals surface area (Å²) in [5, 5.41) is 2.80. The lowest BCUT2D eigenvalue weighted by Crippen LogP contribution is -2.10. The summed E-state index contributed by atoms with van der Waals surface area (Å²) in [4.78, 5) is 16.3. The molecule has 4 nitrogen and oxygen atoms in total. The minimum absolute atomic E-state index is 0.00204. The van der Waals surface area contributed by atoms with Crippen molar-refractivity contribution >= 4 is 17.3 Å². The van der Waals surface area contributed by atoms with Crippen molar-refractivity contribution in [3.8, 4) is 5.75 Å². The third-order valence-electron chi connectivity index (χ3n) is 2.74. The number of hydrogen-bond acceptors (Lipinski definition) is 5. The number of carbonyl (C=O) groups excluding carboxylic acids is 1. The van der Waals surface area contributed by atoms with Crippen LogP contribution in [0, 0.1) is 0 Å². The molecule has 1 heterocycles. The van der Waals surface area contributed by atoms with E-state index in [1.165, 1.54) is 29.5 Å². The fourth-order valence-corrected chi connectivity index (χ4v) is 2.68. The van der Waals surface area contributed by atoms with Crippen LogP contribution in [0.15, 0.2) is 29.6 Å². The molecule has 0 spiro atoms. The van der Waals surface area contributed by atoms with Crippen LogP contribution in [0.5, 0.6) is 5.75 Å². The number of benzene rings is 1. The average molecular weight is 327 g/mol. The molecule has 118 valence electrons. The van der Waals surface area contributed by atoms with Crippen LogP contribution in [0.1, 0.15) is 34.4 Å². The number of aromatic nitrogens is 1. The van der Waals surface area contributed by atoms with Gasteiger partial charge < -0.3 is 9.47 Å². The highest BCUT2D eigenvalue weighted by Crippen LogP contribution is 2.22. The highest BCUT2D eigenvalue weighted by Gasteiger charge is 2.17. The summed E-state index contributed by atoms with van der Waals surface area (Å²) in [6, 6.07) is 5.73. The van der Waals surface area contributed by atoms with Gasteiger partial charge in [0.25, 0.3) is 0 Å². The molecular weight excluding hydrogens is 312 g/mol. The Morgan fingerprint density at radius 3 is 2.86 bits per heavy atom. The van der Waals surface area contributed by atoms with Crippen LogP contribution < -0.4 is 4.74 Å². The molecule has 0 N–H and O–H groups in total. The molecule has 0 aliphatic heterocycles. The van der Waals surface area contributed by atoms with Gasteiger partial charge in [-0.3, -0.25) is 0 Å². The van der Waals surface area contributed by atoms with Crippen molar-refractivity contribution < 1.29 is 23.0 Å². The molecule has 0 fully saturated rings. The number of hydrogen-bond donors (Lipinski definition) is 0. The maximum absolute atomic E-state index is 12.3.